The van der Waals surface area contributed by atoms with Crippen LogP contribution in [0.3, 0.4) is 0 Å². The third kappa shape index (κ3) is 2.16. The molecule has 1 aromatic carbocycles. The van der Waals surface area contributed by atoms with Gasteiger partial charge in [-0.05, 0) is 6.07 Å². The van der Waals surface area contributed by atoms with Gasteiger partial charge < -0.3 is 14.9 Å². The van der Waals surface area contributed by atoms with Gasteiger partial charge in [0.25, 0.3) is 0 Å². The lowest BCUT2D eigenvalue weighted by Gasteiger charge is -2.02. The highest BCUT2D eigenvalue weighted by molar-refractivity contribution is 5.57. The standard InChI is InChI=1S/C8H8O4/c9-7-4-2-1-3-6(7)5-12-8(10)11/h1-4,9H,5H2,(H,10,11). The van der Waals surface area contributed by atoms with Crippen LogP contribution in [0.4, 0.5) is 4.79 Å². The molecule has 1 rings (SSSR count). The number of carbonyl (C=O) groups is 1. The monoisotopic (exact) mass is 168 g/mol. The van der Waals surface area contributed by atoms with Crippen LogP contribution in [0.5, 0.6) is 5.75 Å². The number of hydrogen-bond acceptors (Lipinski definition) is 3. The molecule has 0 amide bonds. The second kappa shape index (κ2) is 3.61. The van der Waals surface area contributed by atoms with Crippen molar-refractivity contribution in [3.05, 3.63) is 29.8 Å². The minimum Gasteiger partial charge on any atom is -0.508 e. The smallest absolute Gasteiger partial charge is 0.506 e. The Kier molecular flexibility index (Phi) is 2.53. The van der Waals surface area contributed by atoms with Gasteiger partial charge in [0.2, 0.25) is 0 Å². The van der Waals surface area contributed by atoms with Crippen molar-refractivity contribution in [3.8, 4) is 5.75 Å². The fraction of sp³-hybridized carbons (Fsp3) is 0.125. The van der Waals surface area contributed by atoms with E-state index in [2.05, 4.69) is 4.74 Å². The molecule has 0 aliphatic carbocycles. The number of carboxylic acid groups (broad SMARTS) is 1. The molecule has 0 saturated carbocycles. The highest BCUT2D eigenvalue weighted by Crippen LogP contribution is 2.15. The first-order chi connectivity index (χ1) is 5.70. The maximum Gasteiger partial charge on any atom is 0.506 e. The normalized spacial score (nSPS) is 9.33. The Hall–Kier alpha value is -1.71. The Morgan fingerprint density at radius 1 is 1.42 bits per heavy atom. The largest absolute Gasteiger partial charge is 0.508 e. The average molecular weight is 168 g/mol. The summed E-state index contributed by atoms with van der Waals surface area (Å²) in [6.45, 7) is -0.123. The number of aromatic hydroxyl groups is 1. The molecule has 0 saturated heterocycles. The molecule has 0 aliphatic heterocycles. The molecule has 0 unspecified atom stereocenters. The minimum absolute atomic E-state index is 0.0405. The van der Waals surface area contributed by atoms with Gasteiger partial charge >= 0.3 is 6.16 Å². The summed E-state index contributed by atoms with van der Waals surface area (Å²) in [5, 5.41) is 17.3. The van der Waals surface area contributed by atoms with E-state index in [1.807, 2.05) is 0 Å². The molecule has 64 valence electrons. The average Bonchev–Trinajstić information content (AvgIpc) is 2.03. The summed E-state index contributed by atoms with van der Waals surface area (Å²) in [5.41, 5.74) is 0.458. The van der Waals surface area contributed by atoms with Crippen LogP contribution in [0, 0.1) is 0 Å². The van der Waals surface area contributed by atoms with Crippen LogP contribution >= 0.6 is 0 Å². The highest BCUT2D eigenvalue weighted by atomic mass is 16.7. The quantitative estimate of drug-likeness (QED) is 0.658. The van der Waals surface area contributed by atoms with E-state index in [4.69, 9.17) is 10.2 Å². The molecule has 0 atom stereocenters. The number of benzene rings is 1. The maximum atomic E-state index is 9.98. The molecule has 4 heteroatoms. The molecule has 12 heavy (non-hydrogen) atoms. The zero-order valence-electron chi connectivity index (χ0n) is 6.23. The molecule has 0 aliphatic rings. The molecule has 4 nitrogen and oxygen atoms in total. The zero-order valence-corrected chi connectivity index (χ0v) is 6.23. The van der Waals surface area contributed by atoms with Crippen LogP contribution in [-0.2, 0) is 11.3 Å². The number of para-hydroxylation sites is 1. The van der Waals surface area contributed by atoms with Crippen LogP contribution in [0.25, 0.3) is 0 Å². The molecule has 0 heterocycles. The Morgan fingerprint density at radius 2 is 2.08 bits per heavy atom. The lowest BCUT2D eigenvalue weighted by molar-refractivity contribution is 0.0848. The van der Waals surface area contributed by atoms with Gasteiger partial charge in [0.05, 0.1) is 0 Å². The Balaban J connectivity index is 2.63. The van der Waals surface area contributed by atoms with Crippen molar-refractivity contribution in [1.29, 1.82) is 0 Å². The third-order valence-electron chi connectivity index (χ3n) is 1.34. The molecular formula is C8H8O4. The first-order valence-electron chi connectivity index (χ1n) is 3.33. The van der Waals surface area contributed by atoms with Crippen molar-refractivity contribution < 1.29 is 19.7 Å². The molecule has 0 radical (unpaired) electrons. The summed E-state index contributed by atoms with van der Waals surface area (Å²) in [6, 6.07) is 6.42. The van der Waals surface area contributed by atoms with Gasteiger partial charge in [-0.15, -0.1) is 0 Å². The molecule has 2 N–H and O–H groups in total. The number of phenols is 1. The van der Waals surface area contributed by atoms with Crippen LogP contribution < -0.4 is 0 Å². The van der Waals surface area contributed by atoms with E-state index in [-0.39, 0.29) is 12.4 Å². The number of rotatable bonds is 2. The molecule has 0 fully saturated rings. The predicted molar refractivity (Wildman–Crippen MR) is 40.9 cm³/mol. The van der Waals surface area contributed by atoms with E-state index in [1.165, 1.54) is 6.07 Å². The van der Waals surface area contributed by atoms with Gasteiger partial charge in [-0.3, -0.25) is 0 Å². The van der Waals surface area contributed by atoms with Crippen molar-refractivity contribution in [1.82, 2.24) is 0 Å². The highest BCUT2D eigenvalue weighted by Gasteiger charge is 2.01. The van der Waals surface area contributed by atoms with Crippen LogP contribution in [0.1, 0.15) is 5.56 Å². The molecule has 0 bridgehead atoms. The van der Waals surface area contributed by atoms with Crippen molar-refractivity contribution >= 4 is 6.16 Å². The van der Waals surface area contributed by atoms with Crippen LogP contribution in [0.2, 0.25) is 0 Å². The van der Waals surface area contributed by atoms with Gasteiger partial charge in [0.15, 0.2) is 0 Å². The number of ether oxygens (including phenoxy) is 1. The summed E-state index contributed by atoms with van der Waals surface area (Å²) in [6.07, 6.45) is -1.35. The second-order valence-corrected chi connectivity index (χ2v) is 2.18. The molecule has 0 spiro atoms. The SMILES string of the molecule is O=C(O)OCc1ccccc1O. The first kappa shape index (κ1) is 8.39. The lowest BCUT2D eigenvalue weighted by atomic mass is 10.2. The van der Waals surface area contributed by atoms with Crippen molar-refractivity contribution in [3.63, 3.8) is 0 Å². The second-order valence-electron chi connectivity index (χ2n) is 2.18. The van der Waals surface area contributed by atoms with E-state index < -0.39 is 6.16 Å². The fourth-order valence-electron chi connectivity index (χ4n) is 0.772. The molecule has 1 aromatic rings. The van der Waals surface area contributed by atoms with Gasteiger partial charge in [0.1, 0.15) is 12.4 Å². The third-order valence-corrected chi connectivity index (χ3v) is 1.34. The first-order valence-corrected chi connectivity index (χ1v) is 3.33. The van der Waals surface area contributed by atoms with E-state index in [1.54, 1.807) is 18.2 Å². The van der Waals surface area contributed by atoms with Gasteiger partial charge in [-0.1, -0.05) is 18.2 Å². The summed E-state index contributed by atoms with van der Waals surface area (Å²) in [5.74, 6) is 0.0405. The van der Waals surface area contributed by atoms with E-state index in [0.29, 0.717) is 5.56 Å². The molecule has 0 aromatic heterocycles. The Bertz CT molecular complexity index is 282. The maximum absolute atomic E-state index is 9.98. The zero-order chi connectivity index (χ0) is 8.97. The fourth-order valence-corrected chi connectivity index (χ4v) is 0.772. The summed E-state index contributed by atoms with van der Waals surface area (Å²) in [7, 11) is 0. The minimum atomic E-state index is -1.35. The van der Waals surface area contributed by atoms with Gasteiger partial charge in [-0.25, -0.2) is 4.79 Å². The predicted octanol–water partition coefficient (Wildman–Crippen LogP) is 1.59. The summed E-state index contributed by atoms with van der Waals surface area (Å²) in [4.78, 5) is 9.98. The van der Waals surface area contributed by atoms with Crippen molar-refractivity contribution in [2.24, 2.45) is 0 Å². The Morgan fingerprint density at radius 3 is 2.67 bits per heavy atom. The van der Waals surface area contributed by atoms with E-state index in [0.717, 1.165) is 0 Å². The Labute approximate surface area is 69.0 Å². The van der Waals surface area contributed by atoms with Crippen LogP contribution in [0.15, 0.2) is 24.3 Å². The number of hydrogen-bond donors (Lipinski definition) is 2. The number of phenolic OH excluding ortho intramolecular Hbond substituents is 1. The van der Waals surface area contributed by atoms with Gasteiger partial charge in [-0.2, -0.15) is 0 Å². The summed E-state index contributed by atoms with van der Waals surface area (Å²) >= 11 is 0. The topological polar surface area (TPSA) is 66.8 Å². The van der Waals surface area contributed by atoms with Crippen LogP contribution in [-0.4, -0.2) is 16.4 Å². The van der Waals surface area contributed by atoms with Crippen molar-refractivity contribution in [2.45, 2.75) is 6.61 Å². The van der Waals surface area contributed by atoms with Gasteiger partial charge in [0, 0.05) is 5.56 Å². The van der Waals surface area contributed by atoms with E-state index >= 15 is 0 Å². The van der Waals surface area contributed by atoms with Crippen molar-refractivity contribution in [2.75, 3.05) is 0 Å². The van der Waals surface area contributed by atoms with E-state index in [9.17, 15) is 4.79 Å². The lowest BCUT2D eigenvalue weighted by Crippen LogP contribution is -1.99. The molecular weight excluding hydrogens is 160 g/mol. The summed E-state index contributed by atoms with van der Waals surface area (Å²) < 4.78 is 4.27.